The molecule has 0 aromatic carbocycles. The summed E-state index contributed by atoms with van der Waals surface area (Å²) in [6, 6.07) is 0. The van der Waals surface area contributed by atoms with Crippen molar-refractivity contribution in [1.82, 2.24) is 14.9 Å². The number of hydrogen-bond acceptors (Lipinski definition) is 3. The maximum absolute atomic E-state index is 11.4. The second-order valence-electron chi connectivity index (χ2n) is 7.74. The first kappa shape index (κ1) is 20.2. The second-order valence-corrected chi connectivity index (χ2v) is 9.49. The molecule has 7 heteroatoms. The van der Waals surface area contributed by atoms with Crippen molar-refractivity contribution in [3.63, 3.8) is 0 Å². The zero-order valence-corrected chi connectivity index (χ0v) is 16.4. The maximum atomic E-state index is 11.4. The fourth-order valence-electron chi connectivity index (χ4n) is 3.47. The lowest BCUT2D eigenvalue weighted by molar-refractivity contribution is 0.142. The first-order valence-electron chi connectivity index (χ1n) is 8.45. The molecule has 0 amide bonds. The van der Waals surface area contributed by atoms with Gasteiger partial charge in [0.2, 0.25) is 10.0 Å². The molecule has 0 bridgehead atoms. The van der Waals surface area contributed by atoms with E-state index in [4.69, 9.17) is 0 Å². The molecule has 0 aliphatic carbocycles. The highest BCUT2D eigenvalue weighted by atomic mass is 32.2. The SMILES string of the molecule is CCCC1(C)CCCN(C(=NC)NCC(C)(C)NS(C)(=O)=O)C1. The highest BCUT2D eigenvalue weighted by Crippen LogP contribution is 2.33. The number of guanidine groups is 1. The molecule has 0 radical (unpaired) electrons. The van der Waals surface area contributed by atoms with E-state index in [1.54, 1.807) is 7.05 Å². The van der Waals surface area contributed by atoms with Crippen LogP contribution in [-0.4, -0.2) is 57.8 Å². The molecule has 1 aliphatic heterocycles. The van der Waals surface area contributed by atoms with Crippen LogP contribution in [0.3, 0.4) is 0 Å². The lowest BCUT2D eigenvalue weighted by Gasteiger charge is -2.42. The summed E-state index contributed by atoms with van der Waals surface area (Å²) < 4.78 is 25.5. The Morgan fingerprint density at radius 1 is 1.39 bits per heavy atom. The van der Waals surface area contributed by atoms with Crippen LogP contribution in [0, 0.1) is 5.41 Å². The molecule has 1 unspecified atom stereocenters. The molecular weight excluding hydrogens is 312 g/mol. The first-order chi connectivity index (χ1) is 10.5. The molecule has 136 valence electrons. The zero-order chi connectivity index (χ0) is 17.7. The molecule has 1 atom stereocenters. The number of aliphatic imine (C=N–C) groups is 1. The van der Waals surface area contributed by atoms with E-state index in [9.17, 15) is 8.42 Å². The molecule has 0 aromatic rings. The molecule has 0 spiro atoms. The normalized spacial score (nSPS) is 23.9. The second kappa shape index (κ2) is 7.83. The van der Waals surface area contributed by atoms with Gasteiger partial charge in [-0.1, -0.05) is 20.3 Å². The molecule has 1 rings (SSSR count). The van der Waals surface area contributed by atoms with Crippen molar-refractivity contribution in [3.8, 4) is 0 Å². The molecule has 0 saturated carbocycles. The summed E-state index contributed by atoms with van der Waals surface area (Å²) in [5, 5.41) is 3.33. The minimum absolute atomic E-state index is 0.338. The van der Waals surface area contributed by atoms with Gasteiger partial charge >= 0.3 is 0 Å². The zero-order valence-electron chi connectivity index (χ0n) is 15.6. The number of rotatable bonds is 6. The van der Waals surface area contributed by atoms with Gasteiger partial charge in [-0.15, -0.1) is 0 Å². The van der Waals surface area contributed by atoms with Crippen LogP contribution in [-0.2, 0) is 10.0 Å². The Bertz CT molecular complexity index is 512. The van der Waals surface area contributed by atoms with Crippen molar-refractivity contribution in [2.24, 2.45) is 10.4 Å². The van der Waals surface area contributed by atoms with Crippen molar-refractivity contribution in [3.05, 3.63) is 0 Å². The summed E-state index contributed by atoms with van der Waals surface area (Å²) in [6.45, 7) is 10.8. The number of nitrogens with one attached hydrogen (secondary N) is 2. The van der Waals surface area contributed by atoms with Gasteiger partial charge in [-0.25, -0.2) is 13.1 Å². The predicted molar refractivity (Wildman–Crippen MR) is 97.2 cm³/mol. The molecule has 6 nitrogen and oxygen atoms in total. The number of piperidine rings is 1. The fourth-order valence-corrected chi connectivity index (χ4v) is 4.55. The van der Waals surface area contributed by atoms with Crippen molar-refractivity contribution in [2.45, 2.75) is 58.9 Å². The molecule has 1 fully saturated rings. The summed E-state index contributed by atoms with van der Waals surface area (Å²) >= 11 is 0. The Balaban J connectivity index is 2.67. The fraction of sp³-hybridized carbons (Fsp3) is 0.938. The summed E-state index contributed by atoms with van der Waals surface area (Å²) in [7, 11) is -1.45. The topological polar surface area (TPSA) is 73.8 Å². The van der Waals surface area contributed by atoms with E-state index in [1.165, 1.54) is 31.9 Å². The number of sulfonamides is 1. The predicted octanol–water partition coefficient (Wildman–Crippen LogP) is 1.79. The Labute approximate surface area is 142 Å². The van der Waals surface area contributed by atoms with E-state index >= 15 is 0 Å². The average molecular weight is 347 g/mol. The first-order valence-corrected chi connectivity index (χ1v) is 10.3. The number of nitrogens with zero attached hydrogens (tertiary/aromatic N) is 2. The minimum atomic E-state index is -3.23. The number of hydrogen-bond donors (Lipinski definition) is 2. The third-order valence-corrected chi connectivity index (χ3v) is 5.22. The van der Waals surface area contributed by atoms with Gasteiger partial charge in [-0.3, -0.25) is 4.99 Å². The molecule has 1 aliphatic rings. The van der Waals surface area contributed by atoms with Gasteiger partial charge in [-0.05, 0) is 38.5 Å². The third-order valence-electron chi connectivity index (χ3n) is 4.30. The van der Waals surface area contributed by atoms with Crippen LogP contribution in [0.1, 0.15) is 53.4 Å². The Kier molecular flexibility index (Phi) is 6.89. The van der Waals surface area contributed by atoms with Gasteiger partial charge in [0.05, 0.1) is 6.26 Å². The van der Waals surface area contributed by atoms with Crippen LogP contribution in [0.5, 0.6) is 0 Å². The standard InChI is InChI=1S/C16H34N4O2S/c1-7-9-16(4)10-8-11-20(13-16)14(17-5)18-12-15(2,3)19-23(6,21)22/h19H,7-13H2,1-6H3,(H,17,18). The van der Waals surface area contributed by atoms with E-state index in [0.29, 0.717) is 12.0 Å². The summed E-state index contributed by atoms with van der Waals surface area (Å²) in [4.78, 5) is 6.69. The van der Waals surface area contributed by atoms with E-state index in [-0.39, 0.29) is 0 Å². The largest absolute Gasteiger partial charge is 0.354 e. The lowest BCUT2D eigenvalue weighted by atomic mass is 9.78. The summed E-state index contributed by atoms with van der Waals surface area (Å²) in [5.41, 5.74) is -0.225. The van der Waals surface area contributed by atoms with E-state index in [2.05, 4.69) is 33.8 Å². The van der Waals surface area contributed by atoms with Crippen LogP contribution >= 0.6 is 0 Å². The lowest BCUT2D eigenvalue weighted by Crippen LogP contribution is -2.55. The maximum Gasteiger partial charge on any atom is 0.209 e. The van der Waals surface area contributed by atoms with Crippen molar-refractivity contribution >= 4 is 16.0 Å². The Morgan fingerprint density at radius 3 is 2.57 bits per heavy atom. The van der Waals surface area contributed by atoms with Crippen LogP contribution < -0.4 is 10.0 Å². The van der Waals surface area contributed by atoms with Crippen molar-refractivity contribution in [1.29, 1.82) is 0 Å². The highest BCUT2D eigenvalue weighted by Gasteiger charge is 2.32. The van der Waals surface area contributed by atoms with E-state index in [1.807, 2.05) is 13.8 Å². The van der Waals surface area contributed by atoms with Crippen LogP contribution in [0.25, 0.3) is 0 Å². The molecule has 1 saturated heterocycles. The molecular formula is C16H34N4O2S. The average Bonchev–Trinajstić information content (AvgIpc) is 2.36. The molecule has 23 heavy (non-hydrogen) atoms. The van der Waals surface area contributed by atoms with Gasteiger partial charge in [0.25, 0.3) is 0 Å². The van der Waals surface area contributed by atoms with Gasteiger partial charge in [0.15, 0.2) is 5.96 Å². The van der Waals surface area contributed by atoms with Crippen molar-refractivity contribution in [2.75, 3.05) is 32.9 Å². The quantitative estimate of drug-likeness (QED) is 0.568. The van der Waals surface area contributed by atoms with Crippen molar-refractivity contribution < 1.29 is 8.42 Å². The van der Waals surface area contributed by atoms with Gasteiger partial charge in [0, 0.05) is 32.2 Å². The van der Waals surface area contributed by atoms with Gasteiger partial charge in [-0.2, -0.15) is 0 Å². The monoisotopic (exact) mass is 346 g/mol. The van der Waals surface area contributed by atoms with Gasteiger partial charge in [0.1, 0.15) is 0 Å². The van der Waals surface area contributed by atoms with E-state index < -0.39 is 15.6 Å². The summed E-state index contributed by atoms with van der Waals surface area (Å²) in [6.07, 6.45) is 6.03. The summed E-state index contributed by atoms with van der Waals surface area (Å²) in [5.74, 6) is 0.857. The van der Waals surface area contributed by atoms with Crippen LogP contribution in [0.15, 0.2) is 4.99 Å². The highest BCUT2D eigenvalue weighted by molar-refractivity contribution is 7.88. The van der Waals surface area contributed by atoms with Gasteiger partial charge < -0.3 is 10.2 Å². The Morgan fingerprint density at radius 2 is 2.04 bits per heavy atom. The molecule has 2 N–H and O–H groups in total. The molecule has 1 heterocycles. The molecule has 0 aromatic heterocycles. The third kappa shape index (κ3) is 7.08. The smallest absolute Gasteiger partial charge is 0.209 e. The van der Waals surface area contributed by atoms with Crippen LogP contribution in [0.4, 0.5) is 0 Å². The number of likely N-dealkylation sites (tertiary alicyclic amines) is 1. The van der Waals surface area contributed by atoms with E-state index in [0.717, 1.165) is 19.0 Å². The minimum Gasteiger partial charge on any atom is -0.354 e. The van der Waals surface area contributed by atoms with Crippen LogP contribution in [0.2, 0.25) is 0 Å². The Hall–Kier alpha value is -0.820.